The lowest BCUT2D eigenvalue weighted by Crippen LogP contribution is -2.38. The van der Waals surface area contributed by atoms with Gasteiger partial charge < -0.3 is 15.6 Å². The molecule has 1 aliphatic carbocycles. The second-order valence-electron chi connectivity index (χ2n) is 4.56. The molecule has 102 valence electrons. The minimum atomic E-state index is 0. The number of rotatable bonds is 4. The minimum absolute atomic E-state index is 0. The summed E-state index contributed by atoms with van der Waals surface area (Å²) in [7, 11) is 0. The van der Waals surface area contributed by atoms with Crippen molar-refractivity contribution in [1.82, 2.24) is 14.9 Å². The summed E-state index contributed by atoms with van der Waals surface area (Å²) in [4.78, 5) is 8.50. The maximum atomic E-state index is 5.85. The summed E-state index contributed by atoms with van der Waals surface area (Å²) in [5.74, 6) is 1.59. The van der Waals surface area contributed by atoms with Crippen molar-refractivity contribution in [3.05, 3.63) is 18.2 Å². The van der Waals surface area contributed by atoms with E-state index in [0.717, 1.165) is 12.4 Å². The number of nitrogens with one attached hydrogen (secondary N) is 1. The van der Waals surface area contributed by atoms with E-state index in [9.17, 15) is 0 Å². The maximum Gasteiger partial charge on any atom is 0.188 e. The monoisotopic (exact) mass is 363 g/mol. The summed E-state index contributed by atoms with van der Waals surface area (Å²) in [6, 6.07) is 0.536. The number of aromatic nitrogens is 2. The molecule has 1 aromatic rings. The van der Waals surface area contributed by atoms with E-state index in [4.69, 9.17) is 5.73 Å². The Kier molecular flexibility index (Phi) is 6.45. The lowest BCUT2D eigenvalue weighted by Gasteiger charge is -2.12. The molecule has 6 heteroatoms. The number of aryl methyl sites for hydroxylation is 1. The van der Waals surface area contributed by atoms with Crippen LogP contribution in [0.5, 0.6) is 0 Å². The first kappa shape index (κ1) is 15.3. The van der Waals surface area contributed by atoms with Gasteiger partial charge in [0.15, 0.2) is 5.96 Å². The highest BCUT2D eigenvalue weighted by atomic mass is 127. The molecule has 0 unspecified atom stereocenters. The Morgan fingerprint density at radius 3 is 2.89 bits per heavy atom. The predicted molar refractivity (Wildman–Crippen MR) is 84.3 cm³/mol. The van der Waals surface area contributed by atoms with Crippen LogP contribution in [0.4, 0.5) is 0 Å². The molecule has 5 nitrogen and oxygen atoms in total. The first-order chi connectivity index (χ1) is 8.25. The summed E-state index contributed by atoms with van der Waals surface area (Å²) in [6.07, 6.45) is 8.82. The molecule has 0 bridgehead atoms. The number of aliphatic imine (C=N–C) groups is 1. The van der Waals surface area contributed by atoms with Gasteiger partial charge >= 0.3 is 0 Å². The van der Waals surface area contributed by atoms with Gasteiger partial charge in [0.05, 0.1) is 6.54 Å². The molecular formula is C12H22IN5. The highest BCUT2D eigenvalue weighted by molar-refractivity contribution is 14.0. The fourth-order valence-corrected chi connectivity index (χ4v) is 2.24. The summed E-state index contributed by atoms with van der Waals surface area (Å²) in [5, 5.41) is 3.28. The number of guanidine groups is 1. The Balaban J connectivity index is 0.00000162. The third-order valence-corrected chi connectivity index (χ3v) is 3.25. The van der Waals surface area contributed by atoms with E-state index in [1.807, 2.05) is 13.1 Å². The number of hydrogen-bond acceptors (Lipinski definition) is 2. The molecule has 18 heavy (non-hydrogen) atoms. The third kappa shape index (κ3) is 4.47. The van der Waals surface area contributed by atoms with E-state index in [1.165, 1.54) is 25.7 Å². The van der Waals surface area contributed by atoms with Gasteiger partial charge in [-0.3, -0.25) is 4.99 Å². The molecule has 0 amide bonds. The van der Waals surface area contributed by atoms with Gasteiger partial charge in [-0.15, -0.1) is 24.0 Å². The molecular weight excluding hydrogens is 341 g/mol. The number of nitrogens with zero attached hydrogens (tertiary/aromatic N) is 3. The highest BCUT2D eigenvalue weighted by Gasteiger charge is 2.14. The van der Waals surface area contributed by atoms with Crippen LogP contribution >= 0.6 is 24.0 Å². The van der Waals surface area contributed by atoms with Crippen LogP contribution in [0.3, 0.4) is 0 Å². The van der Waals surface area contributed by atoms with Crippen molar-refractivity contribution in [2.75, 3.05) is 6.54 Å². The van der Waals surface area contributed by atoms with Gasteiger partial charge in [-0.25, -0.2) is 4.98 Å². The average Bonchev–Trinajstić information content (AvgIpc) is 2.91. The summed E-state index contributed by atoms with van der Waals surface area (Å²) < 4.78 is 2.08. The minimum Gasteiger partial charge on any atom is -0.370 e. The van der Waals surface area contributed by atoms with Crippen molar-refractivity contribution in [2.45, 2.75) is 45.2 Å². The molecule has 1 aliphatic rings. The zero-order chi connectivity index (χ0) is 12.1. The fourth-order valence-electron chi connectivity index (χ4n) is 2.24. The molecule has 1 aromatic heterocycles. The molecule has 0 radical (unpaired) electrons. The SMILES string of the molecule is Cc1nccn1CCN=C(N)NC1CCCC1.I. The molecule has 0 aliphatic heterocycles. The molecule has 0 aromatic carbocycles. The standard InChI is InChI=1S/C12H21N5.HI/c1-10-14-6-8-17(10)9-7-15-12(13)16-11-4-2-3-5-11;/h6,8,11H,2-5,7,9H2,1H3,(H3,13,15,16);1H. The second kappa shape index (κ2) is 7.60. The smallest absolute Gasteiger partial charge is 0.188 e. The molecule has 0 atom stereocenters. The Morgan fingerprint density at radius 2 is 2.28 bits per heavy atom. The summed E-state index contributed by atoms with van der Waals surface area (Å²) in [6.45, 7) is 3.52. The number of hydrogen-bond donors (Lipinski definition) is 2. The van der Waals surface area contributed by atoms with Gasteiger partial charge in [-0.05, 0) is 19.8 Å². The Morgan fingerprint density at radius 1 is 1.56 bits per heavy atom. The van der Waals surface area contributed by atoms with Crippen molar-refractivity contribution in [1.29, 1.82) is 0 Å². The lowest BCUT2D eigenvalue weighted by molar-refractivity contribution is 0.621. The zero-order valence-electron chi connectivity index (χ0n) is 10.8. The number of nitrogens with two attached hydrogens (primary N) is 1. The van der Waals surface area contributed by atoms with Gasteiger partial charge in [0.25, 0.3) is 0 Å². The normalized spacial score (nSPS) is 16.6. The van der Waals surface area contributed by atoms with E-state index in [2.05, 4.69) is 19.9 Å². The van der Waals surface area contributed by atoms with Crippen molar-refractivity contribution < 1.29 is 0 Å². The average molecular weight is 363 g/mol. The number of imidazole rings is 1. The topological polar surface area (TPSA) is 68.2 Å². The van der Waals surface area contributed by atoms with Gasteiger partial charge in [0.1, 0.15) is 5.82 Å². The Hall–Kier alpha value is -0.790. The van der Waals surface area contributed by atoms with Crippen LogP contribution in [0.1, 0.15) is 31.5 Å². The van der Waals surface area contributed by atoms with E-state index in [-0.39, 0.29) is 24.0 Å². The quantitative estimate of drug-likeness (QED) is 0.486. The molecule has 0 spiro atoms. The van der Waals surface area contributed by atoms with Crippen LogP contribution in [-0.4, -0.2) is 28.1 Å². The van der Waals surface area contributed by atoms with Crippen LogP contribution in [0.2, 0.25) is 0 Å². The van der Waals surface area contributed by atoms with Crippen LogP contribution in [0, 0.1) is 6.92 Å². The maximum absolute atomic E-state index is 5.85. The highest BCUT2D eigenvalue weighted by Crippen LogP contribution is 2.17. The lowest BCUT2D eigenvalue weighted by atomic mass is 10.2. The second-order valence-corrected chi connectivity index (χ2v) is 4.56. The van der Waals surface area contributed by atoms with Crippen LogP contribution in [0.15, 0.2) is 17.4 Å². The Bertz CT molecular complexity index is 382. The Labute approximate surface area is 125 Å². The molecule has 1 heterocycles. The van der Waals surface area contributed by atoms with Gasteiger partial charge in [0, 0.05) is 25.0 Å². The predicted octanol–water partition coefficient (Wildman–Crippen LogP) is 1.66. The van der Waals surface area contributed by atoms with E-state index >= 15 is 0 Å². The number of halogens is 1. The van der Waals surface area contributed by atoms with Crippen LogP contribution in [0.25, 0.3) is 0 Å². The fraction of sp³-hybridized carbons (Fsp3) is 0.667. The largest absolute Gasteiger partial charge is 0.370 e. The van der Waals surface area contributed by atoms with Gasteiger partial charge in [-0.1, -0.05) is 12.8 Å². The molecule has 0 saturated heterocycles. The molecule has 2 rings (SSSR count). The third-order valence-electron chi connectivity index (χ3n) is 3.25. The molecule has 1 saturated carbocycles. The first-order valence-corrected chi connectivity index (χ1v) is 6.30. The van der Waals surface area contributed by atoms with E-state index < -0.39 is 0 Å². The van der Waals surface area contributed by atoms with Gasteiger partial charge in [0.2, 0.25) is 0 Å². The van der Waals surface area contributed by atoms with Crippen molar-refractivity contribution in [3.63, 3.8) is 0 Å². The van der Waals surface area contributed by atoms with Crippen molar-refractivity contribution in [3.8, 4) is 0 Å². The van der Waals surface area contributed by atoms with Crippen LogP contribution in [-0.2, 0) is 6.54 Å². The summed E-state index contributed by atoms with van der Waals surface area (Å²) in [5.41, 5.74) is 5.85. The summed E-state index contributed by atoms with van der Waals surface area (Å²) >= 11 is 0. The van der Waals surface area contributed by atoms with Gasteiger partial charge in [-0.2, -0.15) is 0 Å². The van der Waals surface area contributed by atoms with Crippen LogP contribution < -0.4 is 11.1 Å². The first-order valence-electron chi connectivity index (χ1n) is 6.30. The van der Waals surface area contributed by atoms with E-state index in [1.54, 1.807) is 6.20 Å². The van der Waals surface area contributed by atoms with Crippen molar-refractivity contribution >= 4 is 29.9 Å². The zero-order valence-corrected chi connectivity index (χ0v) is 13.1. The molecule has 3 N–H and O–H groups in total. The molecule has 1 fully saturated rings. The van der Waals surface area contributed by atoms with E-state index in [0.29, 0.717) is 18.5 Å². The van der Waals surface area contributed by atoms with Crippen molar-refractivity contribution in [2.24, 2.45) is 10.7 Å².